The van der Waals surface area contributed by atoms with Crippen LogP contribution in [-0.4, -0.2) is 49.2 Å². The number of hydrogen-bond donors (Lipinski definition) is 1. The first-order chi connectivity index (χ1) is 9.65. The Labute approximate surface area is 126 Å². The standard InChI is InChI=1S/C15H23N3OS/c1-3-14(15(16)20)18-9-7-17(8-10-18)12-5-4-6-13(11-12)19-2/h4-6,11,14H,3,7-10H2,1-2H3,(H2,16,20). The van der Waals surface area contributed by atoms with Gasteiger partial charge in [-0.25, -0.2) is 0 Å². The number of thiocarbonyl (C=S) groups is 1. The van der Waals surface area contributed by atoms with Crippen molar-refractivity contribution in [1.29, 1.82) is 0 Å². The molecule has 2 rings (SSSR count). The molecule has 1 fully saturated rings. The predicted octanol–water partition coefficient (Wildman–Crippen LogP) is 1.88. The summed E-state index contributed by atoms with van der Waals surface area (Å²) < 4.78 is 5.28. The molecule has 0 aromatic heterocycles. The maximum absolute atomic E-state index is 5.82. The van der Waals surface area contributed by atoms with Gasteiger partial charge in [0.1, 0.15) is 5.75 Å². The molecule has 0 bridgehead atoms. The van der Waals surface area contributed by atoms with E-state index in [1.54, 1.807) is 7.11 Å². The summed E-state index contributed by atoms with van der Waals surface area (Å²) in [5, 5.41) is 0. The van der Waals surface area contributed by atoms with E-state index in [2.05, 4.69) is 28.9 Å². The van der Waals surface area contributed by atoms with Gasteiger partial charge in [-0.3, -0.25) is 4.90 Å². The Morgan fingerprint density at radius 3 is 2.60 bits per heavy atom. The first-order valence-electron chi connectivity index (χ1n) is 7.08. The van der Waals surface area contributed by atoms with Crippen LogP contribution in [0.25, 0.3) is 0 Å². The summed E-state index contributed by atoms with van der Waals surface area (Å²) in [5.41, 5.74) is 7.04. The normalized spacial score (nSPS) is 17.8. The minimum Gasteiger partial charge on any atom is -0.497 e. The van der Waals surface area contributed by atoms with Crippen LogP contribution in [0.3, 0.4) is 0 Å². The number of methoxy groups -OCH3 is 1. The molecule has 1 saturated heterocycles. The lowest BCUT2D eigenvalue weighted by Gasteiger charge is -2.39. The first kappa shape index (κ1) is 15.1. The van der Waals surface area contributed by atoms with Gasteiger partial charge in [-0.05, 0) is 18.6 Å². The van der Waals surface area contributed by atoms with Crippen LogP contribution < -0.4 is 15.4 Å². The topological polar surface area (TPSA) is 41.7 Å². The van der Waals surface area contributed by atoms with Crippen LogP contribution in [0.4, 0.5) is 5.69 Å². The zero-order valence-electron chi connectivity index (χ0n) is 12.2. The number of benzene rings is 1. The predicted molar refractivity (Wildman–Crippen MR) is 87.6 cm³/mol. The maximum Gasteiger partial charge on any atom is 0.120 e. The second-order valence-corrected chi connectivity index (χ2v) is 5.52. The van der Waals surface area contributed by atoms with E-state index in [0.717, 1.165) is 38.3 Å². The number of nitrogens with two attached hydrogens (primary N) is 1. The van der Waals surface area contributed by atoms with Gasteiger partial charge in [-0.2, -0.15) is 0 Å². The largest absolute Gasteiger partial charge is 0.497 e. The van der Waals surface area contributed by atoms with Gasteiger partial charge in [0.05, 0.1) is 18.1 Å². The molecule has 0 amide bonds. The van der Waals surface area contributed by atoms with Crippen molar-refractivity contribution >= 4 is 22.9 Å². The molecule has 1 heterocycles. The van der Waals surface area contributed by atoms with Gasteiger partial charge >= 0.3 is 0 Å². The van der Waals surface area contributed by atoms with E-state index in [1.807, 2.05) is 12.1 Å². The Hall–Kier alpha value is -1.33. The third-order valence-corrected chi connectivity index (χ3v) is 4.16. The van der Waals surface area contributed by atoms with Gasteiger partial charge in [0.15, 0.2) is 0 Å². The van der Waals surface area contributed by atoms with Crippen molar-refractivity contribution in [3.8, 4) is 5.75 Å². The Balaban J connectivity index is 1.98. The van der Waals surface area contributed by atoms with Crippen LogP contribution in [0.5, 0.6) is 5.75 Å². The highest BCUT2D eigenvalue weighted by molar-refractivity contribution is 7.80. The zero-order chi connectivity index (χ0) is 14.5. The van der Waals surface area contributed by atoms with Gasteiger partial charge in [0.25, 0.3) is 0 Å². The third kappa shape index (κ3) is 3.41. The molecule has 1 aromatic rings. The van der Waals surface area contributed by atoms with Crippen LogP contribution in [0.15, 0.2) is 24.3 Å². The molecule has 1 aromatic carbocycles. The molecule has 0 radical (unpaired) electrons. The summed E-state index contributed by atoms with van der Waals surface area (Å²) in [6.45, 7) is 6.11. The second kappa shape index (κ2) is 6.90. The maximum atomic E-state index is 5.82. The molecule has 1 aliphatic heterocycles. The van der Waals surface area contributed by atoms with Crippen molar-refractivity contribution in [3.05, 3.63) is 24.3 Å². The van der Waals surface area contributed by atoms with E-state index in [4.69, 9.17) is 22.7 Å². The Kier molecular flexibility index (Phi) is 5.20. The van der Waals surface area contributed by atoms with Gasteiger partial charge in [-0.1, -0.05) is 25.2 Å². The molecule has 4 nitrogen and oxygen atoms in total. The molecular formula is C15H23N3OS. The second-order valence-electron chi connectivity index (χ2n) is 5.05. The zero-order valence-corrected chi connectivity index (χ0v) is 13.0. The van der Waals surface area contributed by atoms with Crippen LogP contribution in [0, 0.1) is 0 Å². The minimum absolute atomic E-state index is 0.234. The highest BCUT2D eigenvalue weighted by Crippen LogP contribution is 2.22. The smallest absolute Gasteiger partial charge is 0.120 e. The average Bonchev–Trinajstić information content (AvgIpc) is 2.48. The Morgan fingerprint density at radius 1 is 1.35 bits per heavy atom. The summed E-state index contributed by atoms with van der Waals surface area (Å²) in [4.78, 5) is 5.38. The number of hydrogen-bond acceptors (Lipinski definition) is 4. The first-order valence-corrected chi connectivity index (χ1v) is 7.49. The van der Waals surface area contributed by atoms with Gasteiger partial charge in [-0.15, -0.1) is 0 Å². The highest BCUT2D eigenvalue weighted by atomic mass is 32.1. The lowest BCUT2D eigenvalue weighted by atomic mass is 10.1. The quantitative estimate of drug-likeness (QED) is 0.840. The van der Waals surface area contributed by atoms with E-state index in [1.165, 1.54) is 5.69 Å². The number of ether oxygens (including phenoxy) is 1. The highest BCUT2D eigenvalue weighted by Gasteiger charge is 2.24. The van der Waals surface area contributed by atoms with Crippen LogP contribution in [0.1, 0.15) is 13.3 Å². The third-order valence-electron chi connectivity index (χ3n) is 3.89. The molecule has 0 saturated carbocycles. The van der Waals surface area contributed by atoms with Crippen LogP contribution in [0.2, 0.25) is 0 Å². The summed E-state index contributed by atoms with van der Waals surface area (Å²) in [7, 11) is 1.70. The number of piperazine rings is 1. The van der Waals surface area contributed by atoms with E-state index in [-0.39, 0.29) is 6.04 Å². The van der Waals surface area contributed by atoms with Gasteiger partial charge < -0.3 is 15.4 Å². The van der Waals surface area contributed by atoms with Crippen molar-refractivity contribution in [2.45, 2.75) is 19.4 Å². The summed E-state index contributed by atoms with van der Waals surface area (Å²) in [6.07, 6.45) is 0.981. The van der Waals surface area contributed by atoms with E-state index < -0.39 is 0 Å². The Bertz CT molecular complexity index is 458. The summed E-state index contributed by atoms with van der Waals surface area (Å²) >= 11 is 5.16. The molecular weight excluding hydrogens is 270 g/mol. The van der Waals surface area contributed by atoms with Crippen molar-refractivity contribution < 1.29 is 4.74 Å². The van der Waals surface area contributed by atoms with Crippen molar-refractivity contribution in [2.75, 3.05) is 38.2 Å². The van der Waals surface area contributed by atoms with E-state index >= 15 is 0 Å². The van der Waals surface area contributed by atoms with Crippen LogP contribution in [-0.2, 0) is 0 Å². The van der Waals surface area contributed by atoms with Gasteiger partial charge in [0.2, 0.25) is 0 Å². The van der Waals surface area contributed by atoms with Gasteiger partial charge in [0, 0.05) is 37.9 Å². The van der Waals surface area contributed by atoms with E-state index in [9.17, 15) is 0 Å². The molecule has 1 aliphatic rings. The lowest BCUT2D eigenvalue weighted by molar-refractivity contribution is 0.224. The van der Waals surface area contributed by atoms with Crippen molar-refractivity contribution in [1.82, 2.24) is 4.90 Å². The SMILES string of the molecule is CCC(C(N)=S)N1CCN(c2cccc(OC)c2)CC1. The monoisotopic (exact) mass is 293 g/mol. The van der Waals surface area contributed by atoms with Crippen molar-refractivity contribution in [3.63, 3.8) is 0 Å². The fourth-order valence-corrected chi connectivity index (χ4v) is 3.05. The van der Waals surface area contributed by atoms with Crippen LogP contribution >= 0.6 is 12.2 Å². The minimum atomic E-state index is 0.234. The summed E-state index contributed by atoms with van der Waals surface area (Å²) in [6, 6.07) is 8.45. The number of rotatable bonds is 5. The molecule has 1 atom stereocenters. The fourth-order valence-electron chi connectivity index (χ4n) is 2.74. The van der Waals surface area contributed by atoms with Crippen molar-refractivity contribution in [2.24, 2.45) is 5.73 Å². The molecule has 5 heteroatoms. The molecule has 2 N–H and O–H groups in total. The molecule has 20 heavy (non-hydrogen) atoms. The molecule has 110 valence electrons. The van der Waals surface area contributed by atoms with E-state index in [0.29, 0.717) is 4.99 Å². The lowest BCUT2D eigenvalue weighted by Crippen LogP contribution is -2.53. The molecule has 1 unspecified atom stereocenters. The Morgan fingerprint density at radius 2 is 2.05 bits per heavy atom. The molecule has 0 spiro atoms. The number of nitrogens with zero attached hydrogens (tertiary/aromatic N) is 2. The molecule has 0 aliphatic carbocycles. The average molecular weight is 293 g/mol. The summed E-state index contributed by atoms with van der Waals surface area (Å²) in [5.74, 6) is 0.902. The number of anilines is 1. The fraction of sp³-hybridized carbons (Fsp3) is 0.533.